The highest BCUT2D eigenvalue weighted by molar-refractivity contribution is 5.91. The Morgan fingerprint density at radius 2 is 1.88 bits per heavy atom. The first-order chi connectivity index (χ1) is 7.65. The third-order valence-corrected chi connectivity index (χ3v) is 2.54. The summed E-state index contributed by atoms with van der Waals surface area (Å²) in [5.41, 5.74) is 2.09. The Labute approximate surface area is 92.3 Å². The predicted molar refractivity (Wildman–Crippen MR) is 60.6 cm³/mol. The van der Waals surface area contributed by atoms with Gasteiger partial charge in [0.25, 0.3) is 0 Å². The number of halogens is 2. The predicted octanol–water partition coefficient (Wildman–Crippen LogP) is 3.12. The number of pyridine rings is 1. The van der Waals surface area contributed by atoms with E-state index < -0.39 is 11.6 Å². The van der Waals surface area contributed by atoms with Crippen LogP contribution < -0.4 is 5.32 Å². The van der Waals surface area contributed by atoms with Crippen LogP contribution in [0, 0.1) is 11.6 Å². The fourth-order valence-electron chi connectivity index (χ4n) is 1.66. The lowest BCUT2D eigenvalue weighted by Crippen LogP contribution is -1.97. The van der Waals surface area contributed by atoms with Gasteiger partial charge in [-0.25, -0.2) is 8.78 Å². The summed E-state index contributed by atoms with van der Waals surface area (Å²) in [7, 11) is 1.75. The van der Waals surface area contributed by atoms with Gasteiger partial charge in [0.15, 0.2) is 11.6 Å². The molecule has 1 heterocycles. The molecule has 0 aliphatic rings. The lowest BCUT2D eigenvalue weighted by Gasteiger charge is -2.08. The van der Waals surface area contributed by atoms with Gasteiger partial charge in [-0.3, -0.25) is 4.98 Å². The van der Waals surface area contributed by atoms with Crippen molar-refractivity contribution in [1.29, 1.82) is 0 Å². The van der Waals surface area contributed by atoms with Crippen LogP contribution in [0.4, 0.5) is 14.5 Å². The van der Waals surface area contributed by atoms with Gasteiger partial charge in [0, 0.05) is 29.9 Å². The first-order valence-corrected chi connectivity index (χ1v) is 5.12. The van der Waals surface area contributed by atoms with Gasteiger partial charge in [-0.05, 0) is 18.6 Å². The standard InChI is InChI=1S/C12H12F2N2/c1-3-7-4-11(15-2)8-5-9(13)10(14)6-12(8)16-7/h4-6H,3H2,1-2H3,(H,15,16). The fourth-order valence-corrected chi connectivity index (χ4v) is 1.66. The summed E-state index contributed by atoms with van der Waals surface area (Å²) in [5.74, 6) is -1.72. The van der Waals surface area contributed by atoms with E-state index in [-0.39, 0.29) is 0 Å². The molecule has 1 aromatic heterocycles. The van der Waals surface area contributed by atoms with Crippen LogP contribution in [0.1, 0.15) is 12.6 Å². The molecule has 0 radical (unpaired) electrons. The average molecular weight is 222 g/mol. The minimum Gasteiger partial charge on any atom is -0.388 e. The van der Waals surface area contributed by atoms with E-state index in [1.165, 1.54) is 6.07 Å². The summed E-state index contributed by atoms with van der Waals surface area (Å²) in [6, 6.07) is 4.15. The van der Waals surface area contributed by atoms with Gasteiger partial charge >= 0.3 is 0 Å². The minimum absolute atomic E-state index is 0.475. The normalized spacial score (nSPS) is 10.8. The Balaban J connectivity index is 2.79. The van der Waals surface area contributed by atoms with E-state index in [4.69, 9.17) is 0 Å². The Kier molecular flexibility index (Phi) is 2.73. The molecule has 1 aromatic carbocycles. The molecule has 0 spiro atoms. The van der Waals surface area contributed by atoms with E-state index in [9.17, 15) is 8.78 Å². The van der Waals surface area contributed by atoms with E-state index in [1.54, 1.807) is 7.05 Å². The Bertz CT molecular complexity index is 538. The average Bonchev–Trinajstić information content (AvgIpc) is 2.29. The molecule has 84 valence electrons. The highest BCUT2D eigenvalue weighted by Crippen LogP contribution is 2.25. The van der Waals surface area contributed by atoms with Gasteiger partial charge in [0.05, 0.1) is 5.52 Å². The topological polar surface area (TPSA) is 24.9 Å². The zero-order valence-electron chi connectivity index (χ0n) is 9.14. The summed E-state index contributed by atoms with van der Waals surface area (Å²) in [6.45, 7) is 1.97. The van der Waals surface area contributed by atoms with Crippen molar-refractivity contribution in [3.05, 3.63) is 35.5 Å². The molecule has 0 aliphatic carbocycles. The van der Waals surface area contributed by atoms with Crippen molar-refractivity contribution < 1.29 is 8.78 Å². The van der Waals surface area contributed by atoms with Crippen molar-refractivity contribution in [1.82, 2.24) is 4.98 Å². The summed E-state index contributed by atoms with van der Waals surface area (Å²) in [4.78, 5) is 4.26. The lowest BCUT2D eigenvalue weighted by atomic mass is 10.1. The third kappa shape index (κ3) is 1.71. The van der Waals surface area contributed by atoms with Gasteiger partial charge in [-0.1, -0.05) is 6.92 Å². The number of rotatable bonds is 2. The Morgan fingerprint density at radius 1 is 1.19 bits per heavy atom. The molecule has 2 aromatic rings. The Hall–Kier alpha value is -1.71. The number of fused-ring (bicyclic) bond motifs is 1. The molecule has 0 saturated heterocycles. The van der Waals surface area contributed by atoms with E-state index >= 15 is 0 Å². The van der Waals surface area contributed by atoms with Crippen LogP contribution in [0.25, 0.3) is 10.9 Å². The van der Waals surface area contributed by atoms with Gasteiger partial charge in [0.1, 0.15) is 0 Å². The highest BCUT2D eigenvalue weighted by atomic mass is 19.2. The first-order valence-electron chi connectivity index (χ1n) is 5.12. The van der Waals surface area contributed by atoms with Crippen molar-refractivity contribution in [2.75, 3.05) is 12.4 Å². The minimum atomic E-state index is -0.865. The van der Waals surface area contributed by atoms with Crippen molar-refractivity contribution in [3.63, 3.8) is 0 Å². The number of hydrogen-bond donors (Lipinski definition) is 1. The fraction of sp³-hybridized carbons (Fsp3) is 0.250. The summed E-state index contributed by atoms with van der Waals surface area (Å²) in [6.07, 6.45) is 0.754. The van der Waals surface area contributed by atoms with E-state index in [0.717, 1.165) is 23.9 Å². The van der Waals surface area contributed by atoms with Crippen LogP contribution in [0.15, 0.2) is 18.2 Å². The SMILES string of the molecule is CCc1cc(NC)c2cc(F)c(F)cc2n1. The molecule has 0 bridgehead atoms. The third-order valence-electron chi connectivity index (χ3n) is 2.54. The molecule has 0 saturated carbocycles. The molecule has 16 heavy (non-hydrogen) atoms. The van der Waals surface area contributed by atoms with Crippen LogP contribution in [-0.2, 0) is 6.42 Å². The Morgan fingerprint density at radius 3 is 2.50 bits per heavy atom. The van der Waals surface area contributed by atoms with E-state index in [0.29, 0.717) is 10.9 Å². The molecule has 4 heteroatoms. The van der Waals surface area contributed by atoms with Crippen LogP contribution in [0.5, 0.6) is 0 Å². The second kappa shape index (κ2) is 4.04. The largest absolute Gasteiger partial charge is 0.388 e. The van der Waals surface area contributed by atoms with Gasteiger partial charge in [0.2, 0.25) is 0 Å². The van der Waals surface area contributed by atoms with Crippen LogP contribution in [-0.4, -0.2) is 12.0 Å². The van der Waals surface area contributed by atoms with Crippen molar-refractivity contribution in [3.8, 4) is 0 Å². The van der Waals surface area contributed by atoms with E-state index in [1.807, 2.05) is 13.0 Å². The number of aryl methyl sites for hydroxylation is 1. The summed E-state index contributed by atoms with van der Waals surface area (Å²) < 4.78 is 26.2. The maximum atomic E-state index is 13.1. The van der Waals surface area contributed by atoms with Gasteiger partial charge in [-0.15, -0.1) is 0 Å². The van der Waals surface area contributed by atoms with Gasteiger partial charge < -0.3 is 5.32 Å². The monoisotopic (exact) mass is 222 g/mol. The zero-order valence-corrected chi connectivity index (χ0v) is 9.14. The quantitative estimate of drug-likeness (QED) is 0.844. The van der Waals surface area contributed by atoms with E-state index in [2.05, 4.69) is 10.3 Å². The number of hydrogen-bond acceptors (Lipinski definition) is 2. The molecule has 2 rings (SSSR count). The van der Waals surface area contributed by atoms with Crippen molar-refractivity contribution in [2.45, 2.75) is 13.3 Å². The molecular formula is C12H12F2N2. The zero-order chi connectivity index (χ0) is 11.7. The molecule has 0 atom stereocenters. The maximum Gasteiger partial charge on any atom is 0.161 e. The second-order valence-corrected chi connectivity index (χ2v) is 3.55. The first kappa shape index (κ1) is 10.8. The number of aromatic nitrogens is 1. The van der Waals surface area contributed by atoms with Crippen LogP contribution in [0.2, 0.25) is 0 Å². The molecule has 2 nitrogen and oxygen atoms in total. The molecule has 0 amide bonds. The van der Waals surface area contributed by atoms with Crippen molar-refractivity contribution in [2.24, 2.45) is 0 Å². The molecule has 0 aliphatic heterocycles. The molecule has 1 N–H and O–H groups in total. The summed E-state index contributed by atoms with van der Waals surface area (Å²) >= 11 is 0. The number of benzene rings is 1. The van der Waals surface area contributed by atoms with Crippen molar-refractivity contribution >= 4 is 16.6 Å². The van der Waals surface area contributed by atoms with Gasteiger partial charge in [-0.2, -0.15) is 0 Å². The maximum absolute atomic E-state index is 13.1. The number of anilines is 1. The molecular weight excluding hydrogens is 210 g/mol. The molecule has 0 unspecified atom stereocenters. The smallest absolute Gasteiger partial charge is 0.161 e. The molecule has 0 fully saturated rings. The number of nitrogens with zero attached hydrogens (tertiary/aromatic N) is 1. The summed E-state index contributed by atoms with van der Waals surface area (Å²) in [5, 5.41) is 3.56. The highest BCUT2D eigenvalue weighted by Gasteiger charge is 2.09. The van der Waals surface area contributed by atoms with Crippen LogP contribution in [0.3, 0.4) is 0 Å². The number of nitrogens with one attached hydrogen (secondary N) is 1. The van der Waals surface area contributed by atoms with Crippen LogP contribution >= 0.6 is 0 Å². The second-order valence-electron chi connectivity index (χ2n) is 3.55. The lowest BCUT2D eigenvalue weighted by molar-refractivity contribution is 0.510.